The number of unbranched alkanes of at least 4 members (excludes halogenated alkanes) is 6. The summed E-state index contributed by atoms with van der Waals surface area (Å²) < 4.78 is 7.94. The third-order valence-corrected chi connectivity index (χ3v) is 8.08. The molecule has 3 rings (SSSR count). The van der Waals surface area contributed by atoms with Crippen molar-refractivity contribution in [1.82, 2.24) is 0 Å². The van der Waals surface area contributed by atoms with Gasteiger partial charge in [-0.1, -0.05) is 46.0 Å². The van der Waals surface area contributed by atoms with Gasteiger partial charge in [0, 0.05) is 24.9 Å². The molecular formula is C22H42BrNO. The van der Waals surface area contributed by atoms with Crippen molar-refractivity contribution in [1.29, 1.82) is 0 Å². The minimum absolute atomic E-state index is 0. The van der Waals surface area contributed by atoms with Crippen LogP contribution >= 0.6 is 0 Å². The minimum atomic E-state index is 0. The van der Waals surface area contributed by atoms with E-state index in [9.17, 15) is 0 Å². The van der Waals surface area contributed by atoms with E-state index in [1.807, 2.05) is 0 Å². The fourth-order valence-electron chi connectivity index (χ4n) is 6.63. The Morgan fingerprint density at radius 3 is 2.36 bits per heavy atom. The Bertz CT molecular complexity index is 403. The maximum atomic E-state index is 6.52. The summed E-state index contributed by atoms with van der Waals surface area (Å²) in [6, 6.07) is 0. The molecule has 3 aliphatic rings. The molecule has 25 heavy (non-hydrogen) atoms. The molecule has 0 bridgehead atoms. The van der Waals surface area contributed by atoms with Gasteiger partial charge in [-0.25, -0.2) is 0 Å². The van der Waals surface area contributed by atoms with Crippen molar-refractivity contribution in [3.05, 3.63) is 0 Å². The SMILES string of the molecule is CCCCCCO[C@@H]1C[N@+]2(CCCCCC)CC[C@@H]3CC[C@H]1[C@@]32C.[Br-]. The number of ether oxygens (including phenoxy) is 1. The average molecular weight is 416 g/mol. The van der Waals surface area contributed by atoms with Crippen LogP contribution in [0, 0.1) is 11.8 Å². The van der Waals surface area contributed by atoms with Crippen molar-refractivity contribution in [3.63, 3.8) is 0 Å². The van der Waals surface area contributed by atoms with E-state index in [-0.39, 0.29) is 17.0 Å². The van der Waals surface area contributed by atoms with E-state index in [1.165, 1.54) is 94.7 Å². The van der Waals surface area contributed by atoms with Crippen LogP contribution in [0.5, 0.6) is 0 Å². The molecule has 3 fully saturated rings. The lowest BCUT2D eigenvalue weighted by Gasteiger charge is -2.44. The molecule has 0 radical (unpaired) electrons. The molecule has 0 N–H and O–H groups in total. The maximum absolute atomic E-state index is 6.52. The maximum Gasteiger partial charge on any atom is 0.115 e. The van der Waals surface area contributed by atoms with Gasteiger partial charge >= 0.3 is 0 Å². The van der Waals surface area contributed by atoms with Crippen molar-refractivity contribution in [2.24, 2.45) is 11.8 Å². The van der Waals surface area contributed by atoms with Gasteiger partial charge in [-0.05, 0) is 39.0 Å². The first kappa shape index (κ1) is 21.7. The zero-order chi connectivity index (χ0) is 17.0. The fourth-order valence-corrected chi connectivity index (χ4v) is 6.63. The Balaban J connectivity index is 0.00000225. The molecular weight excluding hydrogens is 374 g/mol. The predicted molar refractivity (Wildman–Crippen MR) is 102 cm³/mol. The van der Waals surface area contributed by atoms with E-state index in [1.54, 1.807) is 0 Å². The minimum Gasteiger partial charge on any atom is -1.00 e. The summed E-state index contributed by atoms with van der Waals surface area (Å²) in [7, 11) is 0. The monoisotopic (exact) mass is 415 g/mol. The van der Waals surface area contributed by atoms with Crippen LogP contribution in [0.3, 0.4) is 0 Å². The summed E-state index contributed by atoms with van der Waals surface area (Å²) in [6.45, 7) is 12.5. The summed E-state index contributed by atoms with van der Waals surface area (Å²) in [5.41, 5.74) is 0.556. The molecule has 3 heteroatoms. The van der Waals surface area contributed by atoms with Gasteiger partial charge in [-0.15, -0.1) is 0 Å². The average Bonchev–Trinajstić information content (AvgIpc) is 3.14. The third-order valence-electron chi connectivity index (χ3n) is 8.08. The number of hydrogen-bond donors (Lipinski definition) is 0. The molecule has 0 aromatic carbocycles. The van der Waals surface area contributed by atoms with Crippen LogP contribution in [-0.2, 0) is 4.74 Å². The second kappa shape index (κ2) is 9.55. The Labute approximate surface area is 167 Å². The molecule has 2 nitrogen and oxygen atoms in total. The summed E-state index contributed by atoms with van der Waals surface area (Å²) >= 11 is 0. The number of hydrogen-bond acceptors (Lipinski definition) is 1. The van der Waals surface area contributed by atoms with Gasteiger partial charge in [0.25, 0.3) is 0 Å². The molecule has 148 valence electrons. The van der Waals surface area contributed by atoms with Crippen LogP contribution < -0.4 is 17.0 Å². The lowest BCUT2D eigenvalue weighted by Crippen LogP contribution is -3.00. The third kappa shape index (κ3) is 3.99. The van der Waals surface area contributed by atoms with Crippen LogP contribution in [0.4, 0.5) is 0 Å². The highest BCUT2D eigenvalue weighted by Gasteiger charge is 2.70. The molecule has 0 unspecified atom stereocenters. The number of quaternary nitrogens is 1. The first-order valence-corrected chi connectivity index (χ1v) is 11.2. The zero-order valence-electron chi connectivity index (χ0n) is 17.1. The van der Waals surface area contributed by atoms with Gasteiger partial charge in [0.05, 0.1) is 13.1 Å². The standard InChI is InChI=1S/C22H42NO.BrH/c1-4-6-8-10-15-23-16-14-19-12-13-20(22(19,23)3)21(18-23)24-17-11-9-7-5-2;/h19-21H,4-18H2,1-3H3;1H/q+1;/p-1/t19-,20+,21+,22+,23-;/m0./s1. The van der Waals surface area contributed by atoms with Crippen molar-refractivity contribution < 1.29 is 26.2 Å². The van der Waals surface area contributed by atoms with Gasteiger partial charge in [0.2, 0.25) is 0 Å². The van der Waals surface area contributed by atoms with Crippen molar-refractivity contribution in [3.8, 4) is 0 Å². The fraction of sp³-hybridized carbons (Fsp3) is 1.00. The summed E-state index contributed by atoms with van der Waals surface area (Å²) in [5, 5.41) is 0. The first-order chi connectivity index (χ1) is 11.7. The molecule has 0 aromatic rings. The lowest BCUT2D eigenvalue weighted by atomic mass is 9.83. The molecule has 1 aliphatic carbocycles. The molecule has 2 saturated heterocycles. The predicted octanol–water partition coefficient (Wildman–Crippen LogP) is 2.56. The molecule has 0 aromatic heterocycles. The summed E-state index contributed by atoms with van der Waals surface area (Å²) in [5.74, 6) is 1.84. The van der Waals surface area contributed by atoms with Gasteiger partial charge in [0.15, 0.2) is 0 Å². The van der Waals surface area contributed by atoms with Crippen LogP contribution in [-0.4, -0.2) is 42.4 Å². The highest BCUT2D eigenvalue weighted by molar-refractivity contribution is 5.08. The Morgan fingerprint density at radius 2 is 1.64 bits per heavy atom. The number of halogens is 1. The molecule has 2 aliphatic heterocycles. The van der Waals surface area contributed by atoms with Gasteiger partial charge in [-0.3, -0.25) is 0 Å². The zero-order valence-corrected chi connectivity index (χ0v) is 18.7. The van der Waals surface area contributed by atoms with Gasteiger partial charge < -0.3 is 26.2 Å². The quantitative estimate of drug-likeness (QED) is 0.372. The van der Waals surface area contributed by atoms with Crippen molar-refractivity contribution >= 4 is 0 Å². The van der Waals surface area contributed by atoms with Crippen LogP contribution in [0.2, 0.25) is 0 Å². The van der Waals surface area contributed by atoms with Crippen molar-refractivity contribution in [2.45, 2.75) is 103 Å². The highest BCUT2D eigenvalue weighted by Crippen LogP contribution is 2.60. The summed E-state index contributed by atoms with van der Waals surface area (Å²) in [6.07, 6.45) is 15.9. The van der Waals surface area contributed by atoms with E-state index in [0.29, 0.717) is 11.6 Å². The molecule has 2 heterocycles. The van der Waals surface area contributed by atoms with Crippen LogP contribution in [0.1, 0.15) is 91.4 Å². The lowest BCUT2D eigenvalue weighted by molar-refractivity contribution is -0.953. The second-order valence-electron chi connectivity index (χ2n) is 9.20. The smallest absolute Gasteiger partial charge is 0.115 e. The van der Waals surface area contributed by atoms with Gasteiger partial charge in [-0.2, -0.15) is 0 Å². The van der Waals surface area contributed by atoms with E-state index >= 15 is 0 Å². The summed E-state index contributed by atoms with van der Waals surface area (Å²) in [4.78, 5) is 0. The van der Waals surface area contributed by atoms with Crippen LogP contribution in [0.25, 0.3) is 0 Å². The molecule has 0 amide bonds. The topological polar surface area (TPSA) is 9.23 Å². The second-order valence-corrected chi connectivity index (χ2v) is 9.20. The Kier molecular flexibility index (Phi) is 8.29. The first-order valence-electron chi connectivity index (χ1n) is 11.2. The highest BCUT2D eigenvalue weighted by atomic mass is 79.9. The van der Waals surface area contributed by atoms with Crippen molar-refractivity contribution in [2.75, 3.05) is 26.2 Å². The van der Waals surface area contributed by atoms with E-state index in [0.717, 1.165) is 18.4 Å². The molecule has 1 saturated carbocycles. The van der Waals surface area contributed by atoms with E-state index in [2.05, 4.69) is 20.8 Å². The van der Waals surface area contributed by atoms with Crippen LogP contribution in [0.15, 0.2) is 0 Å². The van der Waals surface area contributed by atoms with Gasteiger partial charge in [0.1, 0.15) is 18.2 Å². The largest absolute Gasteiger partial charge is 1.00 e. The normalized spacial score (nSPS) is 38.8. The Morgan fingerprint density at radius 1 is 0.920 bits per heavy atom. The molecule has 5 atom stereocenters. The Hall–Kier alpha value is 0.400. The van der Waals surface area contributed by atoms with E-state index < -0.39 is 0 Å². The number of nitrogens with zero attached hydrogens (tertiary/aromatic N) is 1. The molecule has 0 spiro atoms. The number of rotatable bonds is 11. The van der Waals surface area contributed by atoms with E-state index in [4.69, 9.17) is 4.74 Å².